The van der Waals surface area contributed by atoms with Crippen molar-refractivity contribution in [3.63, 3.8) is 0 Å². The van der Waals surface area contributed by atoms with Gasteiger partial charge in [0.15, 0.2) is 5.82 Å². The molecule has 37 heavy (non-hydrogen) atoms. The lowest BCUT2D eigenvalue weighted by Crippen LogP contribution is -2.30. The van der Waals surface area contributed by atoms with Crippen LogP contribution in [0.4, 0.5) is 24.7 Å². The number of rotatable bonds is 7. The zero-order valence-corrected chi connectivity index (χ0v) is 19.7. The van der Waals surface area contributed by atoms with Crippen LogP contribution in [0.25, 0.3) is 33.4 Å². The fourth-order valence-corrected chi connectivity index (χ4v) is 3.85. The Bertz CT molecular complexity index is 1530. The lowest BCUT2D eigenvalue weighted by Gasteiger charge is -2.17. The Kier molecular flexibility index (Phi) is 6.34. The Hall–Kier alpha value is -4.67. The summed E-state index contributed by atoms with van der Waals surface area (Å²) in [6.07, 6.45) is -0.156. The third-order valence-corrected chi connectivity index (χ3v) is 5.83. The van der Waals surface area contributed by atoms with Crippen molar-refractivity contribution in [3.8, 4) is 22.5 Å². The second-order valence-corrected chi connectivity index (χ2v) is 8.53. The highest BCUT2D eigenvalue weighted by molar-refractivity contribution is 5.98. The first kappa shape index (κ1) is 24.0. The molecule has 0 aliphatic carbocycles. The number of fused-ring (bicyclic) bond motifs is 1. The molecule has 188 valence electrons. The van der Waals surface area contributed by atoms with Gasteiger partial charge in [-0.3, -0.25) is 9.89 Å². The minimum Gasteiger partial charge on any atom is -0.351 e. The van der Waals surface area contributed by atoms with Gasteiger partial charge in [-0.1, -0.05) is 24.3 Å². The summed E-state index contributed by atoms with van der Waals surface area (Å²) >= 11 is 0. The van der Waals surface area contributed by atoms with Crippen molar-refractivity contribution in [2.45, 2.75) is 12.6 Å². The molecule has 0 bridgehead atoms. The normalized spacial score (nSPS) is 11.6. The average molecular weight is 506 g/mol. The number of aromatic nitrogens is 5. The number of aromatic amines is 2. The minimum atomic E-state index is -4.32. The number of nitrogens with zero attached hydrogens (tertiary/aromatic N) is 4. The molecule has 0 radical (unpaired) electrons. The van der Waals surface area contributed by atoms with Crippen molar-refractivity contribution in [1.82, 2.24) is 30.0 Å². The molecule has 11 heteroatoms. The summed E-state index contributed by atoms with van der Waals surface area (Å²) in [5, 5.41) is 10.8. The molecular weight excluding hydrogens is 483 g/mol. The van der Waals surface area contributed by atoms with Gasteiger partial charge in [-0.15, -0.1) is 0 Å². The summed E-state index contributed by atoms with van der Waals surface area (Å²) in [5.74, 6) is 0.574. The van der Waals surface area contributed by atoms with Gasteiger partial charge < -0.3 is 15.2 Å². The number of amides is 1. The van der Waals surface area contributed by atoms with E-state index >= 15 is 0 Å². The molecule has 2 aromatic carbocycles. The zero-order chi connectivity index (χ0) is 26.0. The van der Waals surface area contributed by atoms with E-state index in [1.165, 1.54) is 7.05 Å². The maximum absolute atomic E-state index is 12.6. The number of anilines is 2. The predicted octanol–water partition coefficient (Wildman–Crippen LogP) is 5.78. The van der Waals surface area contributed by atoms with E-state index in [1.54, 1.807) is 30.6 Å². The smallest absolute Gasteiger partial charge is 0.351 e. The third kappa shape index (κ3) is 5.61. The lowest BCUT2D eigenvalue weighted by atomic mass is 10.1. The first-order valence-corrected chi connectivity index (χ1v) is 11.4. The first-order chi connectivity index (χ1) is 17.7. The number of hydrogen-bond acceptors (Lipinski definition) is 5. The SMILES string of the molecule is CN(CCC(F)(F)F)C(=O)c1cc2ccc(-c3nccc(Nc4ccc(-c5cn[nH]c5)cc4)n3)cc2[nH]1. The van der Waals surface area contributed by atoms with E-state index in [0.29, 0.717) is 17.2 Å². The van der Waals surface area contributed by atoms with Gasteiger partial charge in [0.1, 0.15) is 11.5 Å². The molecule has 0 aliphatic rings. The van der Waals surface area contributed by atoms with E-state index in [2.05, 4.69) is 30.5 Å². The minimum absolute atomic E-state index is 0.215. The van der Waals surface area contributed by atoms with Crippen LogP contribution < -0.4 is 5.32 Å². The van der Waals surface area contributed by atoms with E-state index < -0.39 is 25.0 Å². The van der Waals surface area contributed by atoms with Crippen molar-refractivity contribution >= 4 is 28.3 Å². The molecule has 3 N–H and O–H groups in total. The fourth-order valence-electron chi connectivity index (χ4n) is 3.85. The topological polar surface area (TPSA) is 103 Å². The summed E-state index contributed by atoms with van der Waals surface area (Å²) in [7, 11) is 1.35. The zero-order valence-electron chi connectivity index (χ0n) is 19.7. The van der Waals surface area contributed by atoms with Crippen molar-refractivity contribution in [3.05, 3.63) is 78.9 Å². The molecule has 0 fully saturated rings. The molecule has 0 saturated carbocycles. The monoisotopic (exact) mass is 505 g/mol. The number of hydrogen-bond donors (Lipinski definition) is 3. The molecule has 0 saturated heterocycles. The van der Waals surface area contributed by atoms with Crippen LogP contribution in [0, 0.1) is 0 Å². The Labute approximate surface area is 209 Å². The maximum atomic E-state index is 12.6. The molecule has 3 aromatic heterocycles. The van der Waals surface area contributed by atoms with Gasteiger partial charge in [0.05, 0.1) is 12.6 Å². The second-order valence-electron chi connectivity index (χ2n) is 8.53. The molecule has 0 unspecified atom stereocenters. The van der Waals surface area contributed by atoms with Crippen LogP contribution in [0.15, 0.2) is 73.2 Å². The summed E-state index contributed by atoms with van der Waals surface area (Å²) < 4.78 is 37.5. The summed E-state index contributed by atoms with van der Waals surface area (Å²) in [6.45, 7) is -0.414. The predicted molar refractivity (Wildman–Crippen MR) is 134 cm³/mol. The average Bonchev–Trinajstić information content (AvgIpc) is 3.57. The number of benzene rings is 2. The van der Waals surface area contributed by atoms with Gasteiger partial charge in [-0.2, -0.15) is 18.3 Å². The summed E-state index contributed by atoms with van der Waals surface area (Å²) in [5.41, 5.74) is 4.47. The summed E-state index contributed by atoms with van der Waals surface area (Å²) in [6, 6.07) is 16.7. The van der Waals surface area contributed by atoms with Crippen molar-refractivity contribution in [2.24, 2.45) is 0 Å². The van der Waals surface area contributed by atoms with Crippen LogP contribution in [-0.2, 0) is 0 Å². The fraction of sp³-hybridized carbons (Fsp3) is 0.154. The molecular formula is C26H22F3N7O. The highest BCUT2D eigenvalue weighted by Crippen LogP contribution is 2.26. The molecule has 0 atom stereocenters. The van der Waals surface area contributed by atoms with Crippen LogP contribution in [0.5, 0.6) is 0 Å². The Morgan fingerprint density at radius 1 is 1.03 bits per heavy atom. The molecule has 3 heterocycles. The molecule has 0 aliphatic heterocycles. The number of halogens is 3. The Morgan fingerprint density at radius 3 is 2.54 bits per heavy atom. The third-order valence-electron chi connectivity index (χ3n) is 5.83. The number of nitrogens with one attached hydrogen (secondary N) is 3. The first-order valence-electron chi connectivity index (χ1n) is 11.4. The van der Waals surface area contributed by atoms with E-state index in [-0.39, 0.29) is 5.69 Å². The number of alkyl halides is 3. The van der Waals surface area contributed by atoms with Crippen molar-refractivity contribution in [2.75, 3.05) is 18.9 Å². The Morgan fingerprint density at radius 2 is 1.81 bits per heavy atom. The van der Waals surface area contributed by atoms with Gasteiger partial charge >= 0.3 is 6.18 Å². The Balaban J connectivity index is 1.32. The lowest BCUT2D eigenvalue weighted by molar-refractivity contribution is -0.136. The summed E-state index contributed by atoms with van der Waals surface area (Å²) in [4.78, 5) is 25.6. The van der Waals surface area contributed by atoms with Crippen LogP contribution in [0.2, 0.25) is 0 Å². The number of H-pyrrole nitrogens is 2. The van der Waals surface area contributed by atoms with Gasteiger partial charge in [-0.25, -0.2) is 9.97 Å². The van der Waals surface area contributed by atoms with Crippen LogP contribution in [0.1, 0.15) is 16.9 Å². The van der Waals surface area contributed by atoms with Gasteiger partial charge in [0, 0.05) is 53.7 Å². The second kappa shape index (κ2) is 9.76. The van der Waals surface area contributed by atoms with Crippen LogP contribution in [0.3, 0.4) is 0 Å². The van der Waals surface area contributed by atoms with E-state index in [1.807, 2.05) is 42.6 Å². The standard InChI is InChI=1S/C26H22F3N7O/c1-36(11-9-26(27,28)29)25(37)22-12-17-2-3-18(13-21(17)34-22)24-30-10-8-23(35-24)33-20-6-4-16(5-7-20)19-14-31-32-15-19/h2-8,10,12-15,34H,9,11H2,1H3,(H,31,32)(H,30,33,35). The molecule has 8 nitrogen and oxygen atoms in total. The van der Waals surface area contributed by atoms with Crippen molar-refractivity contribution < 1.29 is 18.0 Å². The van der Waals surface area contributed by atoms with Gasteiger partial charge in [0.2, 0.25) is 0 Å². The number of carbonyl (C=O) groups is 1. The van der Waals surface area contributed by atoms with E-state index in [4.69, 9.17) is 0 Å². The molecule has 0 spiro atoms. The van der Waals surface area contributed by atoms with Gasteiger partial charge in [0.25, 0.3) is 5.91 Å². The maximum Gasteiger partial charge on any atom is 0.390 e. The van der Waals surface area contributed by atoms with Gasteiger partial charge in [-0.05, 0) is 35.9 Å². The quantitative estimate of drug-likeness (QED) is 0.260. The molecule has 5 rings (SSSR count). The highest BCUT2D eigenvalue weighted by atomic mass is 19.4. The number of carbonyl (C=O) groups excluding carboxylic acids is 1. The largest absolute Gasteiger partial charge is 0.390 e. The van der Waals surface area contributed by atoms with E-state index in [0.717, 1.165) is 32.7 Å². The van der Waals surface area contributed by atoms with Crippen molar-refractivity contribution in [1.29, 1.82) is 0 Å². The van der Waals surface area contributed by atoms with E-state index in [9.17, 15) is 18.0 Å². The highest BCUT2D eigenvalue weighted by Gasteiger charge is 2.28. The van der Waals surface area contributed by atoms with Crippen LogP contribution >= 0.6 is 0 Å². The van der Waals surface area contributed by atoms with Crippen LogP contribution in [-0.4, -0.2) is 55.7 Å². The molecule has 1 amide bonds. The molecule has 5 aromatic rings.